The normalized spacial score (nSPS) is 12.9. The first-order chi connectivity index (χ1) is 15.7. The van der Waals surface area contributed by atoms with Gasteiger partial charge in [-0.05, 0) is 61.4 Å². The summed E-state index contributed by atoms with van der Waals surface area (Å²) in [7, 11) is 0. The van der Waals surface area contributed by atoms with Gasteiger partial charge in [0.2, 0.25) is 0 Å². The lowest BCUT2D eigenvalue weighted by molar-refractivity contribution is -0.142. The summed E-state index contributed by atoms with van der Waals surface area (Å²) in [4.78, 5) is 12.7. The molecule has 0 spiro atoms. The molecule has 1 N–H and O–H groups in total. The SMILES string of the molecule is Cc1c(Cl)cccc1NC(=O)c1ccc(-n2nc(C(F)(F)F)c3c2-c2ccoc2CC3)cc1. The van der Waals surface area contributed by atoms with Crippen LogP contribution in [0.4, 0.5) is 18.9 Å². The minimum atomic E-state index is -4.58. The molecule has 2 heterocycles. The van der Waals surface area contributed by atoms with E-state index in [1.54, 1.807) is 55.5 Å². The van der Waals surface area contributed by atoms with Crippen LogP contribution in [0.2, 0.25) is 5.02 Å². The van der Waals surface area contributed by atoms with E-state index in [-0.39, 0.29) is 17.9 Å². The Hall–Kier alpha value is -3.52. The van der Waals surface area contributed by atoms with E-state index in [2.05, 4.69) is 10.4 Å². The lowest BCUT2D eigenvalue weighted by Gasteiger charge is -2.15. The van der Waals surface area contributed by atoms with E-state index >= 15 is 0 Å². The highest BCUT2D eigenvalue weighted by atomic mass is 35.5. The minimum Gasteiger partial charge on any atom is -0.469 e. The van der Waals surface area contributed by atoms with Gasteiger partial charge in [-0.3, -0.25) is 4.79 Å². The molecular formula is C24H17ClF3N3O2. The van der Waals surface area contributed by atoms with Crippen molar-refractivity contribution in [3.8, 4) is 16.9 Å². The second-order valence-corrected chi connectivity index (χ2v) is 8.16. The average Bonchev–Trinajstić information content (AvgIpc) is 3.41. The van der Waals surface area contributed by atoms with Gasteiger partial charge in [0.05, 0.1) is 17.6 Å². The number of halogens is 4. The second-order valence-electron chi connectivity index (χ2n) is 7.76. The van der Waals surface area contributed by atoms with E-state index in [0.717, 1.165) is 5.56 Å². The molecule has 0 atom stereocenters. The average molecular weight is 472 g/mol. The van der Waals surface area contributed by atoms with Crippen LogP contribution in [0.3, 0.4) is 0 Å². The molecule has 0 fully saturated rings. The van der Waals surface area contributed by atoms with Crippen molar-refractivity contribution < 1.29 is 22.4 Å². The molecule has 0 aliphatic heterocycles. The van der Waals surface area contributed by atoms with E-state index in [1.807, 2.05) is 0 Å². The smallest absolute Gasteiger partial charge is 0.435 e. The Morgan fingerprint density at radius 2 is 1.88 bits per heavy atom. The predicted octanol–water partition coefficient (Wildman–Crippen LogP) is 6.46. The number of fused-ring (bicyclic) bond motifs is 3. The number of amides is 1. The number of hydrogen-bond acceptors (Lipinski definition) is 3. The Labute approximate surface area is 191 Å². The summed E-state index contributed by atoms with van der Waals surface area (Å²) in [6.07, 6.45) is -2.54. The maximum atomic E-state index is 13.7. The topological polar surface area (TPSA) is 60.1 Å². The van der Waals surface area contributed by atoms with Gasteiger partial charge in [0.15, 0.2) is 5.69 Å². The number of carbonyl (C=O) groups is 1. The van der Waals surface area contributed by atoms with Crippen molar-refractivity contribution in [2.75, 3.05) is 5.32 Å². The highest BCUT2D eigenvalue weighted by Crippen LogP contribution is 2.42. The summed E-state index contributed by atoms with van der Waals surface area (Å²) in [5.41, 5.74) is 2.28. The quantitative estimate of drug-likeness (QED) is 0.373. The van der Waals surface area contributed by atoms with Gasteiger partial charge in [-0.2, -0.15) is 18.3 Å². The van der Waals surface area contributed by atoms with Gasteiger partial charge in [-0.15, -0.1) is 0 Å². The number of aryl methyl sites for hydroxylation is 1. The fourth-order valence-electron chi connectivity index (χ4n) is 4.05. The second kappa shape index (κ2) is 7.81. The molecular weight excluding hydrogens is 455 g/mol. The van der Waals surface area contributed by atoms with Crippen molar-refractivity contribution in [3.05, 3.63) is 88.0 Å². The van der Waals surface area contributed by atoms with Crippen molar-refractivity contribution in [2.24, 2.45) is 0 Å². The Bertz CT molecular complexity index is 1370. The number of aromatic nitrogens is 2. The van der Waals surface area contributed by atoms with Gasteiger partial charge in [-0.1, -0.05) is 17.7 Å². The number of nitrogens with one attached hydrogen (secondary N) is 1. The van der Waals surface area contributed by atoms with Crippen molar-refractivity contribution in [1.29, 1.82) is 0 Å². The molecule has 0 saturated carbocycles. The number of furan rings is 1. The molecule has 5 rings (SSSR count). The van der Waals surface area contributed by atoms with Crippen LogP contribution in [0, 0.1) is 6.92 Å². The Morgan fingerprint density at radius 3 is 2.61 bits per heavy atom. The zero-order valence-corrected chi connectivity index (χ0v) is 18.1. The maximum absolute atomic E-state index is 13.7. The van der Waals surface area contributed by atoms with Crippen LogP contribution in [0.1, 0.15) is 32.9 Å². The molecule has 0 radical (unpaired) electrons. The van der Waals surface area contributed by atoms with E-state index in [0.29, 0.717) is 45.4 Å². The van der Waals surface area contributed by atoms with Gasteiger partial charge in [0, 0.05) is 33.8 Å². The van der Waals surface area contributed by atoms with Gasteiger partial charge in [0.25, 0.3) is 5.91 Å². The standard InChI is InChI=1S/C24H17ClF3N3O2/c1-13-18(25)3-2-4-19(13)29-23(32)14-5-7-15(8-6-14)31-21-16-11-12-33-20(16)10-9-17(21)22(30-31)24(26,27)28/h2-8,11-12H,9-10H2,1H3,(H,29,32). The molecule has 2 aromatic carbocycles. The summed E-state index contributed by atoms with van der Waals surface area (Å²) in [6, 6.07) is 13.1. The Morgan fingerprint density at radius 1 is 1.12 bits per heavy atom. The molecule has 168 valence electrons. The van der Waals surface area contributed by atoms with E-state index in [9.17, 15) is 18.0 Å². The highest BCUT2D eigenvalue weighted by molar-refractivity contribution is 6.31. The van der Waals surface area contributed by atoms with Crippen molar-refractivity contribution >= 4 is 23.2 Å². The fourth-order valence-corrected chi connectivity index (χ4v) is 4.23. The molecule has 0 saturated heterocycles. The molecule has 0 unspecified atom stereocenters. The van der Waals surface area contributed by atoms with E-state index in [4.69, 9.17) is 16.0 Å². The fraction of sp³-hybridized carbons (Fsp3) is 0.167. The summed E-state index contributed by atoms with van der Waals surface area (Å²) in [6.45, 7) is 1.80. The van der Waals surface area contributed by atoms with Crippen LogP contribution >= 0.6 is 11.6 Å². The molecule has 0 bridgehead atoms. The van der Waals surface area contributed by atoms with Crippen LogP contribution < -0.4 is 5.32 Å². The third-order valence-corrected chi connectivity index (χ3v) is 6.15. The molecule has 33 heavy (non-hydrogen) atoms. The summed E-state index contributed by atoms with van der Waals surface area (Å²) < 4.78 is 47.8. The van der Waals surface area contributed by atoms with Crippen LogP contribution in [0.5, 0.6) is 0 Å². The summed E-state index contributed by atoms with van der Waals surface area (Å²) in [5, 5.41) is 7.25. The molecule has 1 amide bonds. The molecule has 9 heteroatoms. The number of rotatable bonds is 3. The first-order valence-corrected chi connectivity index (χ1v) is 10.5. The van der Waals surface area contributed by atoms with E-state index < -0.39 is 11.9 Å². The number of alkyl halides is 3. The Balaban J connectivity index is 1.51. The van der Waals surface area contributed by atoms with Gasteiger partial charge < -0.3 is 9.73 Å². The first kappa shape index (κ1) is 21.3. The number of benzene rings is 2. The van der Waals surface area contributed by atoms with Gasteiger partial charge in [0.1, 0.15) is 5.76 Å². The molecule has 5 nitrogen and oxygen atoms in total. The van der Waals surface area contributed by atoms with Crippen molar-refractivity contribution in [3.63, 3.8) is 0 Å². The molecule has 4 aromatic rings. The van der Waals surface area contributed by atoms with Crippen LogP contribution in [0.15, 0.2) is 59.2 Å². The zero-order chi connectivity index (χ0) is 23.3. The first-order valence-electron chi connectivity index (χ1n) is 10.2. The van der Waals surface area contributed by atoms with Crippen LogP contribution in [0.25, 0.3) is 16.9 Å². The molecule has 2 aromatic heterocycles. The summed E-state index contributed by atoms with van der Waals surface area (Å²) in [5.74, 6) is 0.271. The maximum Gasteiger partial charge on any atom is 0.435 e. The predicted molar refractivity (Wildman–Crippen MR) is 118 cm³/mol. The van der Waals surface area contributed by atoms with Crippen LogP contribution in [-0.4, -0.2) is 15.7 Å². The molecule has 1 aliphatic rings. The number of nitrogens with zero attached hydrogens (tertiary/aromatic N) is 2. The van der Waals surface area contributed by atoms with Gasteiger partial charge in [-0.25, -0.2) is 4.68 Å². The zero-order valence-electron chi connectivity index (χ0n) is 17.3. The number of anilines is 1. The van der Waals surface area contributed by atoms with Crippen molar-refractivity contribution in [2.45, 2.75) is 25.9 Å². The largest absolute Gasteiger partial charge is 0.469 e. The summed E-state index contributed by atoms with van der Waals surface area (Å²) >= 11 is 6.10. The third-order valence-electron chi connectivity index (χ3n) is 5.74. The van der Waals surface area contributed by atoms with Crippen molar-refractivity contribution in [1.82, 2.24) is 9.78 Å². The minimum absolute atomic E-state index is 0.148. The van der Waals surface area contributed by atoms with Crippen LogP contribution in [-0.2, 0) is 19.0 Å². The third kappa shape index (κ3) is 3.70. The molecule has 1 aliphatic carbocycles. The van der Waals surface area contributed by atoms with E-state index in [1.165, 1.54) is 10.9 Å². The van der Waals surface area contributed by atoms with Gasteiger partial charge >= 0.3 is 6.18 Å². The monoisotopic (exact) mass is 471 g/mol. The number of hydrogen-bond donors (Lipinski definition) is 1. The lowest BCUT2D eigenvalue weighted by Crippen LogP contribution is -2.13. The lowest BCUT2D eigenvalue weighted by atomic mass is 9.94. The Kier molecular flexibility index (Phi) is 5.05. The highest BCUT2D eigenvalue weighted by Gasteiger charge is 2.41. The number of carbonyl (C=O) groups excluding carboxylic acids is 1.